The molecule has 1 aromatic rings. The van der Waals surface area contributed by atoms with Crippen LogP contribution in [0.3, 0.4) is 0 Å². The average Bonchev–Trinajstić information content (AvgIpc) is 2.46. The molecular formula is C16H22F2N2O. The topological polar surface area (TPSA) is 32.3 Å². The molecule has 2 unspecified atom stereocenters. The van der Waals surface area contributed by atoms with Gasteiger partial charge in [-0.05, 0) is 30.9 Å². The molecule has 0 saturated heterocycles. The van der Waals surface area contributed by atoms with E-state index in [0.29, 0.717) is 5.92 Å². The molecule has 0 radical (unpaired) electrons. The number of nitrogens with one attached hydrogen (secondary N) is 1. The van der Waals surface area contributed by atoms with Gasteiger partial charge in [0, 0.05) is 25.7 Å². The van der Waals surface area contributed by atoms with Gasteiger partial charge in [0.2, 0.25) is 0 Å². The molecule has 0 heterocycles. The Bertz CT molecular complexity index is 510. The highest BCUT2D eigenvalue weighted by Gasteiger charge is 2.29. The Morgan fingerprint density at radius 1 is 1.24 bits per heavy atom. The maximum Gasteiger partial charge on any atom is 0.254 e. The average molecular weight is 296 g/mol. The smallest absolute Gasteiger partial charge is 0.254 e. The number of amides is 1. The normalized spacial score (nSPS) is 22.0. The number of nitrogens with zero attached hydrogens (tertiary/aromatic N) is 1. The van der Waals surface area contributed by atoms with Gasteiger partial charge in [-0.2, -0.15) is 0 Å². The van der Waals surface area contributed by atoms with Crippen molar-refractivity contribution in [3.63, 3.8) is 0 Å². The molecular weight excluding hydrogens is 274 g/mol. The highest BCUT2D eigenvalue weighted by atomic mass is 19.1. The fourth-order valence-electron chi connectivity index (χ4n) is 3.16. The van der Waals surface area contributed by atoms with Crippen molar-refractivity contribution >= 4 is 11.6 Å². The van der Waals surface area contributed by atoms with Crippen LogP contribution >= 0.6 is 0 Å². The van der Waals surface area contributed by atoms with Gasteiger partial charge in [0.25, 0.3) is 5.91 Å². The summed E-state index contributed by atoms with van der Waals surface area (Å²) in [6, 6.07) is 2.34. The van der Waals surface area contributed by atoms with Crippen molar-refractivity contribution in [2.45, 2.75) is 38.6 Å². The van der Waals surface area contributed by atoms with Gasteiger partial charge in [-0.15, -0.1) is 0 Å². The van der Waals surface area contributed by atoms with Crippen LogP contribution in [-0.4, -0.2) is 30.9 Å². The summed E-state index contributed by atoms with van der Waals surface area (Å²) >= 11 is 0. The van der Waals surface area contributed by atoms with Gasteiger partial charge in [0.1, 0.15) is 17.3 Å². The molecule has 2 atom stereocenters. The van der Waals surface area contributed by atoms with E-state index < -0.39 is 11.6 Å². The van der Waals surface area contributed by atoms with Crippen molar-refractivity contribution in [1.82, 2.24) is 4.90 Å². The molecule has 0 bridgehead atoms. The maximum atomic E-state index is 13.8. The lowest BCUT2D eigenvalue weighted by molar-refractivity contribution is 0.0628. The fraction of sp³-hybridized carbons (Fsp3) is 0.562. The zero-order chi connectivity index (χ0) is 15.6. The van der Waals surface area contributed by atoms with Crippen molar-refractivity contribution in [1.29, 1.82) is 0 Å². The monoisotopic (exact) mass is 296 g/mol. The molecule has 1 N–H and O–H groups in total. The van der Waals surface area contributed by atoms with E-state index in [2.05, 4.69) is 12.2 Å². The molecule has 1 aromatic carbocycles. The molecule has 1 saturated carbocycles. The lowest BCUT2D eigenvalue weighted by Gasteiger charge is -2.36. The van der Waals surface area contributed by atoms with Gasteiger partial charge >= 0.3 is 0 Å². The molecule has 1 amide bonds. The molecule has 2 rings (SSSR count). The second-order valence-corrected chi connectivity index (χ2v) is 5.81. The first-order chi connectivity index (χ1) is 9.95. The summed E-state index contributed by atoms with van der Waals surface area (Å²) in [6.45, 7) is 2.12. The number of anilines is 1. The number of carbonyl (C=O) groups is 1. The zero-order valence-electron chi connectivity index (χ0n) is 12.7. The Morgan fingerprint density at radius 3 is 2.33 bits per heavy atom. The Hall–Kier alpha value is -1.65. The predicted molar refractivity (Wildman–Crippen MR) is 79.4 cm³/mol. The summed E-state index contributed by atoms with van der Waals surface area (Å²) in [5.41, 5.74) is -0.149. The van der Waals surface area contributed by atoms with E-state index in [9.17, 15) is 13.6 Å². The van der Waals surface area contributed by atoms with E-state index in [1.165, 1.54) is 13.5 Å². The molecule has 21 heavy (non-hydrogen) atoms. The van der Waals surface area contributed by atoms with Crippen LogP contribution in [0.5, 0.6) is 0 Å². The Labute approximate surface area is 124 Å². The number of rotatable bonds is 3. The third-order valence-corrected chi connectivity index (χ3v) is 4.42. The number of carbonyl (C=O) groups excluding carboxylic acids is 1. The van der Waals surface area contributed by atoms with E-state index in [-0.39, 0.29) is 23.2 Å². The highest BCUT2D eigenvalue weighted by molar-refractivity contribution is 5.94. The van der Waals surface area contributed by atoms with E-state index in [1.807, 2.05) is 0 Å². The molecule has 5 heteroatoms. The van der Waals surface area contributed by atoms with Crippen LogP contribution in [0.2, 0.25) is 0 Å². The molecule has 116 valence electrons. The Morgan fingerprint density at radius 2 is 1.81 bits per heavy atom. The number of benzene rings is 1. The van der Waals surface area contributed by atoms with Crippen LogP contribution in [0.25, 0.3) is 0 Å². The maximum absolute atomic E-state index is 13.8. The first kappa shape index (κ1) is 15.7. The fourth-order valence-corrected chi connectivity index (χ4v) is 3.16. The summed E-state index contributed by atoms with van der Waals surface area (Å²) < 4.78 is 27.6. The van der Waals surface area contributed by atoms with E-state index in [0.717, 1.165) is 31.4 Å². The zero-order valence-corrected chi connectivity index (χ0v) is 12.7. The molecule has 1 fully saturated rings. The summed E-state index contributed by atoms with van der Waals surface area (Å²) in [6.07, 6.45) is 4.31. The van der Waals surface area contributed by atoms with Gasteiger partial charge in [-0.25, -0.2) is 8.78 Å². The van der Waals surface area contributed by atoms with Gasteiger partial charge in [0.05, 0.1) is 0 Å². The van der Waals surface area contributed by atoms with Crippen LogP contribution in [0.1, 0.15) is 43.0 Å². The summed E-state index contributed by atoms with van der Waals surface area (Å²) in [5, 5.41) is 2.45. The van der Waals surface area contributed by atoms with Crippen molar-refractivity contribution in [3.8, 4) is 0 Å². The minimum absolute atomic E-state index is 0.0595. The molecule has 0 aromatic heterocycles. The molecule has 1 aliphatic rings. The summed E-state index contributed by atoms with van der Waals surface area (Å²) in [5.74, 6) is -1.40. The van der Waals surface area contributed by atoms with E-state index in [4.69, 9.17) is 0 Å². The largest absolute Gasteiger partial charge is 0.383 e. The molecule has 0 aliphatic heterocycles. The van der Waals surface area contributed by atoms with Gasteiger partial charge < -0.3 is 10.2 Å². The molecule has 0 spiro atoms. The third kappa shape index (κ3) is 3.17. The van der Waals surface area contributed by atoms with Crippen molar-refractivity contribution in [2.24, 2.45) is 5.92 Å². The molecule has 1 aliphatic carbocycles. The van der Waals surface area contributed by atoms with Gasteiger partial charge in [-0.1, -0.05) is 19.8 Å². The van der Waals surface area contributed by atoms with Gasteiger partial charge in [-0.3, -0.25) is 4.79 Å². The first-order valence-electron chi connectivity index (χ1n) is 7.39. The lowest BCUT2D eigenvalue weighted by Crippen LogP contribution is -2.42. The second kappa shape index (κ2) is 6.41. The van der Waals surface area contributed by atoms with Crippen LogP contribution in [0.4, 0.5) is 14.5 Å². The Kier molecular flexibility index (Phi) is 4.80. The quantitative estimate of drug-likeness (QED) is 0.923. The van der Waals surface area contributed by atoms with Crippen LogP contribution in [-0.2, 0) is 0 Å². The minimum atomic E-state index is -0.744. The Balaban J connectivity index is 2.23. The number of hydrogen-bond acceptors (Lipinski definition) is 2. The summed E-state index contributed by atoms with van der Waals surface area (Å²) in [7, 11) is 3.16. The SMILES string of the molecule is CNc1c(F)cc(C(=O)N(C)C2CCCCC2C)cc1F. The van der Waals surface area contributed by atoms with Crippen molar-refractivity contribution in [2.75, 3.05) is 19.4 Å². The molecule has 3 nitrogen and oxygen atoms in total. The predicted octanol–water partition coefficient (Wildman–Crippen LogP) is 3.66. The summed E-state index contributed by atoms with van der Waals surface area (Å²) in [4.78, 5) is 14.1. The van der Waals surface area contributed by atoms with Crippen LogP contribution in [0, 0.1) is 17.6 Å². The third-order valence-electron chi connectivity index (χ3n) is 4.42. The minimum Gasteiger partial charge on any atom is -0.383 e. The van der Waals surface area contributed by atoms with Crippen LogP contribution < -0.4 is 5.32 Å². The van der Waals surface area contributed by atoms with Gasteiger partial charge in [0.15, 0.2) is 0 Å². The standard InChI is InChI=1S/C16H22F2N2O/c1-10-6-4-5-7-14(10)20(3)16(21)11-8-12(17)15(19-2)13(18)9-11/h8-10,14,19H,4-7H2,1-3H3. The van der Waals surface area contributed by atoms with E-state index in [1.54, 1.807) is 11.9 Å². The van der Waals surface area contributed by atoms with E-state index >= 15 is 0 Å². The van der Waals surface area contributed by atoms with Crippen molar-refractivity contribution in [3.05, 3.63) is 29.3 Å². The number of hydrogen-bond donors (Lipinski definition) is 1. The lowest BCUT2D eigenvalue weighted by atomic mass is 9.85. The van der Waals surface area contributed by atoms with Crippen molar-refractivity contribution < 1.29 is 13.6 Å². The first-order valence-corrected chi connectivity index (χ1v) is 7.39. The highest BCUT2D eigenvalue weighted by Crippen LogP contribution is 2.29. The number of halogens is 2. The van der Waals surface area contributed by atoms with Crippen LogP contribution in [0.15, 0.2) is 12.1 Å². The second-order valence-electron chi connectivity index (χ2n) is 5.81.